The molecule has 112 valence electrons. The van der Waals surface area contributed by atoms with Gasteiger partial charge in [0.25, 0.3) is 0 Å². The third kappa shape index (κ3) is 5.38. The summed E-state index contributed by atoms with van der Waals surface area (Å²) in [5.74, 6) is -0.513. The van der Waals surface area contributed by atoms with E-state index in [1.165, 1.54) is 0 Å². The maximum Gasteiger partial charge on any atom is 0.416 e. The van der Waals surface area contributed by atoms with Crippen molar-refractivity contribution in [1.29, 1.82) is 0 Å². The molecule has 1 amide bonds. The van der Waals surface area contributed by atoms with Crippen LogP contribution in [0, 0.1) is 0 Å². The monoisotopic (exact) mass is 291 g/mol. The zero-order valence-electron chi connectivity index (χ0n) is 11.3. The van der Waals surface area contributed by atoms with Crippen molar-refractivity contribution in [3.8, 4) is 5.75 Å². The molecule has 1 aromatic carbocycles. The Hall–Kier alpha value is -1.92. The minimum Gasteiger partial charge on any atom is -0.508 e. The van der Waals surface area contributed by atoms with Gasteiger partial charge in [-0.25, -0.2) is 4.79 Å². The summed E-state index contributed by atoms with van der Waals surface area (Å²) >= 11 is 0. The van der Waals surface area contributed by atoms with Crippen molar-refractivity contribution in [3.63, 3.8) is 0 Å². The summed E-state index contributed by atoms with van der Waals surface area (Å²) < 4.78 is 42.6. The number of hydrogen-bond acceptors (Lipinski definition) is 3. The van der Waals surface area contributed by atoms with Gasteiger partial charge in [-0.1, -0.05) is 0 Å². The Balaban J connectivity index is 2.74. The van der Waals surface area contributed by atoms with Crippen molar-refractivity contribution in [2.75, 3.05) is 0 Å². The predicted octanol–water partition coefficient (Wildman–Crippen LogP) is 3.44. The normalized spacial score (nSPS) is 12.1. The average molecular weight is 291 g/mol. The van der Waals surface area contributed by atoms with Crippen molar-refractivity contribution >= 4 is 6.09 Å². The number of phenols is 1. The maximum absolute atomic E-state index is 12.5. The molecule has 4 nitrogen and oxygen atoms in total. The lowest BCUT2D eigenvalue weighted by Gasteiger charge is -2.19. The number of halogens is 3. The Kier molecular flexibility index (Phi) is 4.52. The number of rotatable bonds is 2. The van der Waals surface area contributed by atoms with Crippen molar-refractivity contribution in [1.82, 2.24) is 5.32 Å². The van der Waals surface area contributed by atoms with Crippen LogP contribution in [0.4, 0.5) is 18.0 Å². The second-order valence-corrected chi connectivity index (χ2v) is 5.24. The van der Waals surface area contributed by atoms with Crippen molar-refractivity contribution in [2.24, 2.45) is 0 Å². The highest BCUT2D eigenvalue weighted by molar-refractivity contribution is 5.67. The van der Waals surface area contributed by atoms with Gasteiger partial charge in [0.05, 0.1) is 5.56 Å². The van der Waals surface area contributed by atoms with Crippen LogP contribution < -0.4 is 5.32 Å². The van der Waals surface area contributed by atoms with Crippen molar-refractivity contribution in [2.45, 2.75) is 39.1 Å². The fraction of sp³-hybridized carbons (Fsp3) is 0.462. The number of benzene rings is 1. The molecule has 0 aliphatic heterocycles. The number of ether oxygens (including phenoxy) is 1. The number of alkyl carbamates (subject to hydrolysis) is 1. The molecule has 0 spiro atoms. The van der Waals surface area contributed by atoms with E-state index in [4.69, 9.17) is 4.74 Å². The van der Waals surface area contributed by atoms with Gasteiger partial charge < -0.3 is 15.2 Å². The number of nitrogens with one attached hydrogen (secondary N) is 1. The molecule has 0 fully saturated rings. The molecule has 0 atom stereocenters. The highest BCUT2D eigenvalue weighted by Crippen LogP contribution is 2.32. The first-order chi connectivity index (χ1) is 8.97. The number of alkyl halides is 3. The Morgan fingerprint density at radius 2 is 1.85 bits per heavy atom. The van der Waals surface area contributed by atoms with Crippen LogP contribution in [-0.2, 0) is 17.5 Å². The van der Waals surface area contributed by atoms with Gasteiger partial charge in [0.2, 0.25) is 0 Å². The number of carbonyl (C=O) groups excluding carboxylic acids is 1. The van der Waals surface area contributed by atoms with Crippen LogP contribution in [0.5, 0.6) is 5.75 Å². The molecule has 20 heavy (non-hydrogen) atoms. The molecule has 0 saturated carbocycles. The molecular formula is C13H16F3NO3. The zero-order chi connectivity index (χ0) is 15.6. The van der Waals surface area contributed by atoms with Gasteiger partial charge in [-0.2, -0.15) is 13.2 Å². The van der Waals surface area contributed by atoms with E-state index in [1.807, 2.05) is 0 Å². The first-order valence-electron chi connectivity index (χ1n) is 5.84. The molecule has 0 heterocycles. The van der Waals surface area contributed by atoms with Crippen LogP contribution in [0.15, 0.2) is 18.2 Å². The van der Waals surface area contributed by atoms with Crippen LogP contribution in [0.3, 0.4) is 0 Å². The molecule has 0 saturated heterocycles. The van der Waals surface area contributed by atoms with Gasteiger partial charge in [0.1, 0.15) is 11.4 Å². The number of carbonyl (C=O) groups is 1. The summed E-state index contributed by atoms with van der Waals surface area (Å²) in [4.78, 5) is 11.4. The Morgan fingerprint density at radius 1 is 1.25 bits per heavy atom. The molecule has 0 aromatic heterocycles. The molecule has 0 unspecified atom stereocenters. The average Bonchev–Trinajstić information content (AvgIpc) is 2.22. The van der Waals surface area contributed by atoms with E-state index in [0.717, 1.165) is 12.1 Å². The van der Waals surface area contributed by atoms with Gasteiger partial charge in [-0.15, -0.1) is 0 Å². The molecule has 1 aromatic rings. The molecule has 0 aliphatic rings. The van der Waals surface area contributed by atoms with Crippen LogP contribution in [0.1, 0.15) is 31.9 Å². The second kappa shape index (κ2) is 5.60. The molecule has 0 aliphatic carbocycles. The minimum absolute atomic E-state index is 0.128. The summed E-state index contributed by atoms with van der Waals surface area (Å²) in [6, 6.07) is 2.63. The number of hydrogen-bond donors (Lipinski definition) is 2. The zero-order valence-corrected chi connectivity index (χ0v) is 11.3. The standard InChI is InChI=1S/C13H16F3NO3/c1-12(2,3)20-11(19)17-7-8-4-9(13(14,15)16)6-10(18)5-8/h4-6,18H,7H2,1-3H3,(H,17,19). The molecule has 0 bridgehead atoms. The second-order valence-electron chi connectivity index (χ2n) is 5.24. The number of aromatic hydroxyl groups is 1. The van der Waals surface area contributed by atoms with Crippen LogP contribution in [-0.4, -0.2) is 16.8 Å². The topological polar surface area (TPSA) is 58.6 Å². The summed E-state index contributed by atoms with van der Waals surface area (Å²) in [7, 11) is 0. The lowest BCUT2D eigenvalue weighted by molar-refractivity contribution is -0.137. The number of amides is 1. The van der Waals surface area contributed by atoms with Crippen LogP contribution in [0.25, 0.3) is 0 Å². The third-order valence-electron chi connectivity index (χ3n) is 2.14. The van der Waals surface area contributed by atoms with E-state index < -0.39 is 29.2 Å². The van der Waals surface area contributed by atoms with Gasteiger partial charge in [-0.3, -0.25) is 0 Å². The van der Waals surface area contributed by atoms with E-state index in [2.05, 4.69) is 5.32 Å². The first-order valence-corrected chi connectivity index (χ1v) is 5.84. The quantitative estimate of drug-likeness (QED) is 0.877. The van der Waals surface area contributed by atoms with E-state index in [1.54, 1.807) is 20.8 Å². The summed E-state index contributed by atoms with van der Waals surface area (Å²) in [5.41, 5.74) is -1.54. The van der Waals surface area contributed by atoms with E-state index in [0.29, 0.717) is 6.07 Å². The van der Waals surface area contributed by atoms with E-state index in [9.17, 15) is 23.1 Å². The summed E-state index contributed by atoms with van der Waals surface area (Å²) in [6.45, 7) is 4.83. The van der Waals surface area contributed by atoms with E-state index >= 15 is 0 Å². The molecule has 2 N–H and O–H groups in total. The Bertz CT molecular complexity index is 493. The lowest BCUT2D eigenvalue weighted by Crippen LogP contribution is -2.32. The summed E-state index contributed by atoms with van der Waals surface area (Å²) in [5, 5.41) is 11.6. The Labute approximate surface area is 114 Å². The third-order valence-corrected chi connectivity index (χ3v) is 2.14. The predicted molar refractivity (Wildman–Crippen MR) is 66.2 cm³/mol. The fourth-order valence-corrected chi connectivity index (χ4v) is 1.43. The first kappa shape index (κ1) is 16.1. The van der Waals surface area contributed by atoms with Gasteiger partial charge >= 0.3 is 12.3 Å². The number of phenolic OH excluding ortho intramolecular Hbond substituents is 1. The van der Waals surface area contributed by atoms with Gasteiger partial charge in [-0.05, 0) is 44.5 Å². The van der Waals surface area contributed by atoms with Gasteiger partial charge in [0.15, 0.2) is 0 Å². The van der Waals surface area contributed by atoms with Crippen molar-refractivity contribution in [3.05, 3.63) is 29.3 Å². The van der Waals surface area contributed by atoms with Gasteiger partial charge in [0, 0.05) is 6.54 Å². The van der Waals surface area contributed by atoms with Crippen LogP contribution >= 0.6 is 0 Å². The Morgan fingerprint density at radius 3 is 2.35 bits per heavy atom. The highest BCUT2D eigenvalue weighted by Gasteiger charge is 2.31. The fourth-order valence-electron chi connectivity index (χ4n) is 1.43. The molecular weight excluding hydrogens is 275 g/mol. The van der Waals surface area contributed by atoms with Crippen LogP contribution in [0.2, 0.25) is 0 Å². The lowest BCUT2D eigenvalue weighted by atomic mass is 10.1. The smallest absolute Gasteiger partial charge is 0.416 e. The highest BCUT2D eigenvalue weighted by atomic mass is 19.4. The molecule has 0 radical (unpaired) electrons. The minimum atomic E-state index is -4.56. The maximum atomic E-state index is 12.5. The summed E-state index contributed by atoms with van der Waals surface area (Å²) in [6.07, 6.45) is -5.30. The largest absolute Gasteiger partial charge is 0.508 e. The molecule has 7 heteroatoms. The molecule has 1 rings (SSSR count). The van der Waals surface area contributed by atoms with E-state index in [-0.39, 0.29) is 12.1 Å². The van der Waals surface area contributed by atoms with Crippen molar-refractivity contribution < 1.29 is 27.8 Å². The SMILES string of the molecule is CC(C)(C)OC(=O)NCc1cc(O)cc(C(F)(F)F)c1.